The second kappa shape index (κ2) is 4.41. The van der Waals surface area contributed by atoms with Gasteiger partial charge in [-0.15, -0.1) is 0 Å². The molecule has 1 N–H and O–H groups in total. The highest BCUT2D eigenvalue weighted by atomic mass is 16.5. The lowest BCUT2D eigenvalue weighted by atomic mass is 10.0. The standard InChI is InChI=1S/C15H20N2O/c1-10-4-5-14-12(8-10)15(11(2)17(14)3)13-9-18-7-6-16-13/h4-5,8,13,16H,6-7,9H2,1-3H3. The molecule has 1 aromatic heterocycles. The van der Waals surface area contributed by atoms with E-state index in [0.29, 0.717) is 6.04 Å². The molecule has 1 aliphatic heterocycles. The summed E-state index contributed by atoms with van der Waals surface area (Å²) < 4.78 is 7.89. The molecule has 1 saturated heterocycles. The van der Waals surface area contributed by atoms with Crippen LogP contribution in [-0.4, -0.2) is 24.3 Å². The zero-order valence-corrected chi connectivity index (χ0v) is 11.3. The predicted molar refractivity (Wildman–Crippen MR) is 74.0 cm³/mol. The molecule has 18 heavy (non-hydrogen) atoms. The fourth-order valence-electron chi connectivity index (χ4n) is 2.91. The van der Waals surface area contributed by atoms with Gasteiger partial charge in [0.2, 0.25) is 0 Å². The number of nitrogens with zero attached hydrogens (tertiary/aromatic N) is 1. The number of rotatable bonds is 1. The molecule has 1 atom stereocenters. The lowest BCUT2D eigenvalue weighted by Gasteiger charge is -2.24. The molecule has 0 aliphatic carbocycles. The first-order chi connectivity index (χ1) is 8.68. The van der Waals surface area contributed by atoms with E-state index in [9.17, 15) is 0 Å². The molecule has 0 spiro atoms. The quantitative estimate of drug-likeness (QED) is 0.834. The first-order valence-corrected chi connectivity index (χ1v) is 6.55. The minimum absolute atomic E-state index is 0.323. The molecule has 0 radical (unpaired) electrons. The summed E-state index contributed by atoms with van der Waals surface area (Å²) in [4.78, 5) is 0. The van der Waals surface area contributed by atoms with Crippen molar-refractivity contribution in [3.63, 3.8) is 0 Å². The van der Waals surface area contributed by atoms with Gasteiger partial charge in [0.25, 0.3) is 0 Å². The monoisotopic (exact) mass is 244 g/mol. The van der Waals surface area contributed by atoms with Gasteiger partial charge in [-0.2, -0.15) is 0 Å². The van der Waals surface area contributed by atoms with Gasteiger partial charge in [-0.05, 0) is 31.5 Å². The highest BCUT2D eigenvalue weighted by Crippen LogP contribution is 2.31. The Bertz CT molecular complexity index is 580. The molecule has 3 rings (SSSR count). The van der Waals surface area contributed by atoms with Crippen LogP contribution in [0.3, 0.4) is 0 Å². The number of hydrogen-bond donors (Lipinski definition) is 1. The Morgan fingerprint density at radius 2 is 2.17 bits per heavy atom. The average molecular weight is 244 g/mol. The summed E-state index contributed by atoms with van der Waals surface area (Å²) in [5, 5.41) is 4.92. The highest BCUT2D eigenvalue weighted by Gasteiger charge is 2.22. The van der Waals surface area contributed by atoms with Gasteiger partial charge in [0.1, 0.15) is 0 Å². The van der Waals surface area contributed by atoms with E-state index in [2.05, 4.69) is 49.0 Å². The van der Waals surface area contributed by atoms with Crippen LogP contribution in [0.25, 0.3) is 10.9 Å². The summed E-state index contributed by atoms with van der Waals surface area (Å²) in [5.41, 5.74) is 5.35. The van der Waals surface area contributed by atoms with E-state index in [0.717, 1.165) is 19.8 Å². The lowest BCUT2D eigenvalue weighted by molar-refractivity contribution is 0.0770. The molecule has 96 valence electrons. The fourth-order valence-corrected chi connectivity index (χ4v) is 2.91. The Morgan fingerprint density at radius 1 is 1.33 bits per heavy atom. The van der Waals surface area contributed by atoms with Crippen molar-refractivity contribution >= 4 is 10.9 Å². The van der Waals surface area contributed by atoms with Gasteiger partial charge in [0, 0.05) is 30.2 Å². The molecule has 1 aromatic carbocycles. The third kappa shape index (κ3) is 1.74. The van der Waals surface area contributed by atoms with Crippen molar-refractivity contribution in [2.45, 2.75) is 19.9 Å². The predicted octanol–water partition coefficient (Wildman–Crippen LogP) is 2.46. The maximum atomic E-state index is 5.61. The normalized spacial score (nSPS) is 20.5. The summed E-state index contributed by atoms with van der Waals surface area (Å²) >= 11 is 0. The summed E-state index contributed by atoms with van der Waals surface area (Å²) in [6.45, 7) is 6.87. The first kappa shape index (κ1) is 11.8. The minimum atomic E-state index is 0.323. The number of aryl methyl sites for hydroxylation is 2. The van der Waals surface area contributed by atoms with Gasteiger partial charge in [0.05, 0.1) is 19.3 Å². The maximum Gasteiger partial charge on any atom is 0.0663 e. The highest BCUT2D eigenvalue weighted by molar-refractivity contribution is 5.86. The number of morpholine rings is 1. The van der Waals surface area contributed by atoms with Crippen molar-refractivity contribution < 1.29 is 4.74 Å². The molecule has 1 unspecified atom stereocenters. The zero-order valence-electron chi connectivity index (χ0n) is 11.3. The summed E-state index contributed by atoms with van der Waals surface area (Å²) in [6.07, 6.45) is 0. The van der Waals surface area contributed by atoms with Crippen LogP contribution in [0.1, 0.15) is 22.9 Å². The Kier molecular flexibility index (Phi) is 2.88. The van der Waals surface area contributed by atoms with Gasteiger partial charge in [-0.25, -0.2) is 0 Å². The Hall–Kier alpha value is -1.32. The first-order valence-electron chi connectivity index (χ1n) is 6.55. The number of fused-ring (bicyclic) bond motifs is 1. The average Bonchev–Trinajstić information content (AvgIpc) is 2.63. The molecule has 1 fully saturated rings. The largest absolute Gasteiger partial charge is 0.378 e. The van der Waals surface area contributed by atoms with Crippen molar-refractivity contribution in [1.82, 2.24) is 9.88 Å². The van der Waals surface area contributed by atoms with Crippen LogP contribution in [0.4, 0.5) is 0 Å². The third-order valence-electron chi connectivity index (χ3n) is 3.97. The van der Waals surface area contributed by atoms with Crippen LogP contribution in [0.15, 0.2) is 18.2 Å². The number of ether oxygens (including phenoxy) is 1. The molecule has 2 heterocycles. The SMILES string of the molecule is Cc1ccc2c(c1)c(C1COCCN1)c(C)n2C. The van der Waals surface area contributed by atoms with Crippen molar-refractivity contribution in [2.75, 3.05) is 19.8 Å². The smallest absolute Gasteiger partial charge is 0.0663 e. The lowest BCUT2D eigenvalue weighted by Crippen LogP contribution is -2.34. The second-order valence-corrected chi connectivity index (χ2v) is 5.16. The van der Waals surface area contributed by atoms with E-state index >= 15 is 0 Å². The van der Waals surface area contributed by atoms with Crippen LogP contribution in [0, 0.1) is 13.8 Å². The number of aromatic nitrogens is 1. The molecule has 3 nitrogen and oxygen atoms in total. The van der Waals surface area contributed by atoms with Crippen LogP contribution in [0.5, 0.6) is 0 Å². The van der Waals surface area contributed by atoms with E-state index in [1.165, 1.54) is 27.7 Å². The van der Waals surface area contributed by atoms with Gasteiger partial charge < -0.3 is 14.6 Å². The molecule has 0 amide bonds. The van der Waals surface area contributed by atoms with Gasteiger partial charge in [-0.1, -0.05) is 11.6 Å². The zero-order chi connectivity index (χ0) is 12.7. The molecule has 0 bridgehead atoms. The van der Waals surface area contributed by atoms with E-state index < -0.39 is 0 Å². The van der Waals surface area contributed by atoms with E-state index in [1.807, 2.05) is 0 Å². The van der Waals surface area contributed by atoms with Crippen LogP contribution < -0.4 is 5.32 Å². The Balaban J connectivity index is 2.20. The van der Waals surface area contributed by atoms with Crippen LogP contribution in [0.2, 0.25) is 0 Å². The Morgan fingerprint density at radius 3 is 2.89 bits per heavy atom. The summed E-state index contributed by atoms with van der Waals surface area (Å²) in [5.74, 6) is 0. The van der Waals surface area contributed by atoms with Crippen molar-refractivity contribution in [3.05, 3.63) is 35.0 Å². The number of nitrogens with one attached hydrogen (secondary N) is 1. The van der Waals surface area contributed by atoms with Crippen molar-refractivity contribution in [1.29, 1.82) is 0 Å². The third-order valence-corrected chi connectivity index (χ3v) is 3.97. The van der Waals surface area contributed by atoms with Crippen LogP contribution in [-0.2, 0) is 11.8 Å². The van der Waals surface area contributed by atoms with Crippen LogP contribution >= 0.6 is 0 Å². The number of benzene rings is 1. The molecule has 3 heteroatoms. The Labute approximate surface area is 108 Å². The molecule has 2 aromatic rings. The molecular formula is C15H20N2O. The molecule has 0 saturated carbocycles. The van der Waals surface area contributed by atoms with Gasteiger partial charge in [0.15, 0.2) is 0 Å². The van der Waals surface area contributed by atoms with Gasteiger partial charge >= 0.3 is 0 Å². The van der Waals surface area contributed by atoms with E-state index in [4.69, 9.17) is 4.74 Å². The van der Waals surface area contributed by atoms with E-state index in [1.54, 1.807) is 0 Å². The van der Waals surface area contributed by atoms with E-state index in [-0.39, 0.29) is 0 Å². The maximum absolute atomic E-state index is 5.61. The molecular weight excluding hydrogens is 224 g/mol. The second-order valence-electron chi connectivity index (χ2n) is 5.16. The summed E-state index contributed by atoms with van der Waals surface area (Å²) in [6, 6.07) is 7.00. The van der Waals surface area contributed by atoms with Crippen molar-refractivity contribution in [2.24, 2.45) is 7.05 Å². The molecule has 1 aliphatic rings. The minimum Gasteiger partial charge on any atom is -0.378 e. The fraction of sp³-hybridized carbons (Fsp3) is 0.467. The topological polar surface area (TPSA) is 26.2 Å². The van der Waals surface area contributed by atoms with Crippen molar-refractivity contribution in [3.8, 4) is 0 Å². The summed E-state index contributed by atoms with van der Waals surface area (Å²) in [7, 11) is 2.14. The van der Waals surface area contributed by atoms with Gasteiger partial charge in [-0.3, -0.25) is 0 Å². The number of hydrogen-bond acceptors (Lipinski definition) is 2.